The first kappa shape index (κ1) is 18.2. The van der Waals surface area contributed by atoms with Crippen LogP contribution in [0, 0.1) is 23.4 Å². The smallest absolute Gasteiger partial charge is 0.327 e. The van der Waals surface area contributed by atoms with Crippen molar-refractivity contribution in [1.82, 2.24) is 4.57 Å². The van der Waals surface area contributed by atoms with E-state index in [1.54, 1.807) is 0 Å². The van der Waals surface area contributed by atoms with Gasteiger partial charge in [0.15, 0.2) is 11.3 Å². The van der Waals surface area contributed by atoms with Crippen LogP contribution in [0.4, 0.5) is 26.3 Å². The molecule has 1 aliphatic rings. The Hall–Kier alpha value is -2.58. The zero-order valence-corrected chi connectivity index (χ0v) is 13.2. The minimum atomic E-state index is -4.99. The van der Waals surface area contributed by atoms with Crippen molar-refractivity contribution in [2.45, 2.75) is 25.6 Å². The lowest BCUT2D eigenvalue weighted by Gasteiger charge is -2.10. The molecule has 0 bridgehead atoms. The van der Waals surface area contributed by atoms with Gasteiger partial charge in [-0.1, -0.05) is 6.07 Å². The molecule has 138 valence electrons. The molecule has 1 amide bonds. The number of rotatable bonds is 3. The zero-order valence-electron chi connectivity index (χ0n) is 13.2. The highest BCUT2D eigenvalue weighted by atomic mass is 19.4. The third kappa shape index (κ3) is 3.81. The van der Waals surface area contributed by atoms with E-state index in [9.17, 15) is 31.1 Å². The maximum Gasteiger partial charge on any atom is 0.419 e. The van der Waals surface area contributed by atoms with Gasteiger partial charge >= 0.3 is 6.18 Å². The van der Waals surface area contributed by atoms with E-state index in [2.05, 4.69) is 4.99 Å². The molecule has 0 N–H and O–H groups in total. The molecule has 0 saturated heterocycles. The van der Waals surface area contributed by atoms with Crippen molar-refractivity contribution in [1.29, 1.82) is 0 Å². The summed E-state index contributed by atoms with van der Waals surface area (Å²) in [6.07, 6.45) is -2.36. The minimum absolute atomic E-state index is 0.176. The molecule has 0 aliphatic heterocycles. The molecule has 1 aromatic heterocycles. The van der Waals surface area contributed by atoms with E-state index in [1.807, 2.05) is 0 Å². The Labute approximate surface area is 143 Å². The summed E-state index contributed by atoms with van der Waals surface area (Å²) in [6.45, 7) is 0.200. The average Bonchev–Trinajstić information content (AvgIpc) is 3.33. The molecule has 26 heavy (non-hydrogen) atoms. The van der Waals surface area contributed by atoms with Crippen LogP contribution < -0.4 is 5.49 Å². The Morgan fingerprint density at radius 3 is 2.50 bits per heavy atom. The number of amides is 1. The van der Waals surface area contributed by atoms with Crippen molar-refractivity contribution in [2.75, 3.05) is 0 Å². The van der Waals surface area contributed by atoms with E-state index in [0.29, 0.717) is 12.1 Å². The molecular formula is C17H12F6N2O. The fraction of sp³-hybridized carbons (Fsp3) is 0.294. The van der Waals surface area contributed by atoms with Gasteiger partial charge in [0.2, 0.25) is 0 Å². The highest BCUT2D eigenvalue weighted by Crippen LogP contribution is 2.32. The molecule has 1 aromatic carbocycles. The van der Waals surface area contributed by atoms with Gasteiger partial charge < -0.3 is 4.57 Å². The van der Waals surface area contributed by atoms with E-state index >= 15 is 0 Å². The first-order chi connectivity index (χ1) is 12.2. The zero-order chi connectivity index (χ0) is 19.1. The summed E-state index contributed by atoms with van der Waals surface area (Å²) in [6, 6.07) is 2.66. The predicted molar refractivity (Wildman–Crippen MR) is 78.4 cm³/mol. The molecule has 2 aromatic rings. The first-order valence-electron chi connectivity index (χ1n) is 7.67. The number of carbonyl (C=O) groups is 1. The van der Waals surface area contributed by atoms with Crippen molar-refractivity contribution in [3.05, 3.63) is 64.5 Å². The lowest BCUT2D eigenvalue weighted by atomic mass is 10.1. The number of hydrogen-bond donors (Lipinski definition) is 0. The Bertz CT molecular complexity index is 928. The third-order valence-electron chi connectivity index (χ3n) is 3.92. The lowest BCUT2D eigenvalue weighted by Crippen LogP contribution is -2.27. The fourth-order valence-corrected chi connectivity index (χ4v) is 2.48. The lowest BCUT2D eigenvalue weighted by molar-refractivity contribution is -0.140. The monoisotopic (exact) mass is 374 g/mol. The predicted octanol–water partition coefficient (Wildman–Crippen LogP) is 4.08. The fourth-order valence-electron chi connectivity index (χ4n) is 2.48. The number of carbonyl (C=O) groups excluding carboxylic acids is 1. The second-order valence-electron chi connectivity index (χ2n) is 6.01. The number of pyridine rings is 1. The Balaban J connectivity index is 2.07. The van der Waals surface area contributed by atoms with E-state index in [4.69, 9.17) is 0 Å². The van der Waals surface area contributed by atoms with Gasteiger partial charge in [0.1, 0.15) is 11.6 Å². The summed E-state index contributed by atoms with van der Waals surface area (Å²) in [4.78, 5) is 15.6. The Kier molecular flexibility index (Phi) is 4.64. The van der Waals surface area contributed by atoms with Gasteiger partial charge in [-0.2, -0.15) is 18.2 Å². The van der Waals surface area contributed by atoms with Crippen LogP contribution in [0.15, 0.2) is 35.5 Å². The van der Waals surface area contributed by atoms with Gasteiger partial charge in [0.25, 0.3) is 5.91 Å². The van der Waals surface area contributed by atoms with Crippen LogP contribution in [0.5, 0.6) is 0 Å². The number of benzene rings is 1. The minimum Gasteiger partial charge on any atom is -0.327 e. The maximum atomic E-state index is 14.0. The second-order valence-corrected chi connectivity index (χ2v) is 6.01. The quantitative estimate of drug-likeness (QED) is 0.746. The van der Waals surface area contributed by atoms with Crippen molar-refractivity contribution < 1.29 is 31.1 Å². The summed E-state index contributed by atoms with van der Waals surface area (Å²) in [5.74, 6) is -5.05. The average molecular weight is 374 g/mol. The van der Waals surface area contributed by atoms with Crippen LogP contribution in [0.25, 0.3) is 0 Å². The molecule has 1 fully saturated rings. The number of hydrogen-bond acceptors (Lipinski definition) is 1. The summed E-state index contributed by atoms with van der Waals surface area (Å²) in [7, 11) is 0. The SMILES string of the molecule is O=C(/N=c1\c(F)cc(F)cn1CC1CC1)c1cccc(C(F)(F)F)c1F. The summed E-state index contributed by atoms with van der Waals surface area (Å²) in [5.41, 5.74) is -3.12. The standard InChI is InChI=1S/C17H12F6N2O/c18-10-6-13(19)15(25(8-10)7-9-4-5-9)24-16(26)11-2-1-3-12(14(11)20)17(21,22)23/h1-3,6,8-9H,4-5,7H2/b24-15+. The highest BCUT2D eigenvalue weighted by Gasteiger charge is 2.35. The molecular weight excluding hydrogens is 362 g/mol. The van der Waals surface area contributed by atoms with E-state index in [-0.39, 0.29) is 12.5 Å². The molecule has 9 heteroatoms. The molecule has 1 saturated carbocycles. The van der Waals surface area contributed by atoms with E-state index in [0.717, 1.165) is 35.7 Å². The third-order valence-corrected chi connectivity index (χ3v) is 3.92. The van der Waals surface area contributed by atoms with Crippen molar-refractivity contribution in [3.8, 4) is 0 Å². The molecule has 1 aliphatic carbocycles. The number of aromatic nitrogens is 1. The number of alkyl halides is 3. The molecule has 0 radical (unpaired) electrons. The van der Waals surface area contributed by atoms with E-state index in [1.165, 1.54) is 0 Å². The topological polar surface area (TPSA) is 34.4 Å². The molecule has 3 nitrogen and oxygen atoms in total. The molecule has 0 unspecified atom stereocenters. The first-order valence-corrected chi connectivity index (χ1v) is 7.67. The Morgan fingerprint density at radius 2 is 1.88 bits per heavy atom. The van der Waals surface area contributed by atoms with Gasteiger partial charge in [-0.3, -0.25) is 4.79 Å². The van der Waals surface area contributed by atoms with Crippen LogP contribution >= 0.6 is 0 Å². The van der Waals surface area contributed by atoms with Crippen molar-refractivity contribution >= 4 is 5.91 Å². The van der Waals surface area contributed by atoms with Gasteiger partial charge in [-0.25, -0.2) is 13.2 Å². The molecule has 0 atom stereocenters. The van der Waals surface area contributed by atoms with Gasteiger partial charge in [-0.15, -0.1) is 0 Å². The summed E-state index contributed by atoms with van der Waals surface area (Å²) >= 11 is 0. The van der Waals surface area contributed by atoms with Crippen molar-refractivity contribution in [3.63, 3.8) is 0 Å². The van der Waals surface area contributed by atoms with Crippen LogP contribution in [-0.2, 0) is 12.7 Å². The summed E-state index contributed by atoms with van der Waals surface area (Å²) < 4.78 is 80.8. The van der Waals surface area contributed by atoms with Crippen LogP contribution in [0.3, 0.4) is 0 Å². The number of halogens is 6. The normalized spacial score (nSPS) is 15.4. The van der Waals surface area contributed by atoms with E-state index < -0.39 is 46.1 Å². The molecule has 1 heterocycles. The van der Waals surface area contributed by atoms with Gasteiger partial charge in [-0.05, 0) is 30.9 Å². The molecule has 0 spiro atoms. The van der Waals surface area contributed by atoms with Gasteiger partial charge in [0.05, 0.1) is 11.1 Å². The second kappa shape index (κ2) is 6.62. The highest BCUT2D eigenvalue weighted by molar-refractivity contribution is 5.95. The van der Waals surface area contributed by atoms with Crippen LogP contribution in [-0.4, -0.2) is 10.5 Å². The Morgan fingerprint density at radius 1 is 1.19 bits per heavy atom. The largest absolute Gasteiger partial charge is 0.419 e. The summed E-state index contributed by atoms with van der Waals surface area (Å²) in [5, 5.41) is 0. The van der Waals surface area contributed by atoms with Crippen LogP contribution in [0.1, 0.15) is 28.8 Å². The van der Waals surface area contributed by atoms with Gasteiger partial charge in [0, 0.05) is 18.8 Å². The maximum absolute atomic E-state index is 14.0. The van der Waals surface area contributed by atoms with Crippen molar-refractivity contribution in [2.24, 2.45) is 10.9 Å². The number of nitrogens with zero attached hydrogens (tertiary/aromatic N) is 2. The van der Waals surface area contributed by atoms with Crippen LogP contribution in [0.2, 0.25) is 0 Å². The molecule has 3 rings (SSSR count).